The van der Waals surface area contributed by atoms with Crippen molar-refractivity contribution in [3.05, 3.63) is 77.1 Å². The number of nitrogens with zero attached hydrogens (tertiary/aromatic N) is 1. The van der Waals surface area contributed by atoms with Gasteiger partial charge in [-0.1, -0.05) is 48.0 Å². The predicted molar refractivity (Wildman–Crippen MR) is 81.9 cm³/mol. The highest BCUT2D eigenvalue weighted by molar-refractivity contribution is 6.30. The smallest absolute Gasteiger partial charge is 0.114 e. The zero-order valence-electron chi connectivity index (χ0n) is 11.0. The maximum absolute atomic E-state index is 11.0. The van der Waals surface area contributed by atoms with Crippen LogP contribution >= 0.6 is 11.6 Å². The van der Waals surface area contributed by atoms with Crippen molar-refractivity contribution in [2.75, 3.05) is 0 Å². The standard InChI is InChI=1S/C17H14ClNO/c1-17(20,13-6-4-7-14(18)9-13)16-11-19-10-12-5-2-3-8-15(12)16/h2-11,20H,1H3. The summed E-state index contributed by atoms with van der Waals surface area (Å²) in [7, 11) is 0. The topological polar surface area (TPSA) is 33.1 Å². The predicted octanol–water partition coefficient (Wildman–Crippen LogP) is 4.14. The third-order valence-electron chi connectivity index (χ3n) is 3.58. The van der Waals surface area contributed by atoms with Crippen LogP contribution in [-0.2, 0) is 5.60 Å². The first-order valence-corrected chi connectivity index (χ1v) is 6.78. The monoisotopic (exact) mass is 283 g/mol. The molecule has 3 rings (SSSR count). The number of benzene rings is 2. The van der Waals surface area contributed by atoms with Gasteiger partial charge in [0.1, 0.15) is 5.60 Å². The molecule has 3 heteroatoms. The second-order valence-corrected chi connectivity index (χ2v) is 5.43. The summed E-state index contributed by atoms with van der Waals surface area (Å²) in [4.78, 5) is 4.23. The molecular weight excluding hydrogens is 270 g/mol. The molecule has 0 aliphatic carbocycles. The van der Waals surface area contributed by atoms with Crippen LogP contribution in [0.1, 0.15) is 18.1 Å². The van der Waals surface area contributed by atoms with Crippen LogP contribution in [0.15, 0.2) is 60.9 Å². The van der Waals surface area contributed by atoms with Crippen molar-refractivity contribution >= 4 is 22.4 Å². The first-order valence-electron chi connectivity index (χ1n) is 6.41. The van der Waals surface area contributed by atoms with Gasteiger partial charge in [0.2, 0.25) is 0 Å². The number of fused-ring (bicyclic) bond motifs is 1. The van der Waals surface area contributed by atoms with Crippen LogP contribution in [0.3, 0.4) is 0 Å². The van der Waals surface area contributed by atoms with Gasteiger partial charge in [-0.15, -0.1) is 0 Å². The molecule has 0 spiro atoms. The van der Waals surface area contributed by atoms with Crippen molar-refractivity contribution in [2.24, 2.45) is 0 Å². The Balaban J connectivity index is 2.23. The zero-order valence-corrected chi connectivity index (χ0v) is 11.8. The molecular formula is C17H14ClNO. The summed E-state index contributed by atoms with van der Waals surface area (Å²) in [5.41, 5.74) is 0.389. The largest absolute Gasteiger partial charge is 0.381 e. The van der Waals surface area contributed by atoms with E-state index in [-0.39, 0.29) is 0 Å². The lowest BCUT2D eigenvalue weighted by Gasteiger charge is -2.25. The Bertz CT molecular complexity index is 762. The van der Waals surface area contributed by atoms with Crippen molar-refractivity contribution in [3.8, 4) is 0 Å². The van der Waals surface area contributed by atoms with Crippen LogP contribution in [0, 0.1) is 0 Å². The molecule has 1 heterocycles. The molecule has 0 saturated carbocycles. The minimum atomic E-state index is -1.14. The summed E-state index contributed by atoms with van der Waals surface area (Å²) in [6.07, 6.45) is 3.51. The van der Waals surface area contributed by atoms with Crippen LogP contribution in [0.25, 0.3) is 10.8 Å². The van der Waals surface area contributed by atoms with Gasteiger partial charge in [0.05, 0.1) is 0 Å². The molecule has 20 heavy (non-hydrogen) atoms. The van der Waals surface area contributed by atoms with E-state index in [1.165, 1.54) is 0 Å². The molecule has 0 aliphatic heterocycles. The molecule has 1 N–H and O–H groups in total. The second kappa shape index (κ2) is 4.89. The molecule has 1 atom stereocenters. The Kier molecular flexibility index (Phi) is 3.20. The molecule has 0 amide bonds. The average Bonchev–Trinajstić information content (AvgIpc) is 2.46. The third kappa shape index (κ3) is 2.17. The summed E-state index contributed by atoms with van der Waals surface area (Å²) in [5, 5.41) is 13.6. The Morgan fingerprint density at radius 1 is 1.05 bits per heavy atom. The Labute approximate surface area is 122 Å². The second-order valence-electron chi connectivity index (χ2n) is 4.99. The fourth-order valence-corrected chi connectivity index (χ4v) is 2.64. The first-order chi connectivity index (χ1) is 9.59. The number of aliphatic hydroxyl groups is 1. The molecule has 2 nitrogen and oxygen atoms in total. The highest BCUT2D eigenvalue weighted by atomic mass is 35.5. The lowest BCUT2D eigenvalue weighted by Crippen LogP contribution is -2.23. The van der Waals surface area contributed by atoms with E-state index in [0.29, 0.717) is 5.02 Å². The van der Waals surface area contributed by atoms with Crippen LogP contribution in [0.5, 0.6) is 0 Å². The minimum absolute atomic E-state index is 0.607. The fraction of sp³-hybridized carbons (Fsp3) is 0.118. The Morgan fingerprint density at radius 2 is 1.85 bits per heavy atom. The Morgan fingerprint density at radius 3 is 2.65 bits per heavy atom. The summed E-state index contributed by atoms with van der Waals surface area (Å²) < 4.78 is 0. The highest BCUT2D eigenvalue weighted by Gasteiger charge is 2.28. The van der Waals surface area contributed by atoms with Gasteiger partial charge in [0, 0.05) is 28.4 Å². The molecule has 1 unspecified atom stereocenters. The molecule has 0 saturated heterocycles. The normalized spacial score (nSPS) is 14.2. The van der Waals surface area contributed by atoms with E-state index >= 15 is 0 Å². The quantitative estimate of drug-likeness (QED) is 0.766. The van der Waals surface area contributed by atoms with Gasteiger partial charge in [0.25, 0.3) is 0 Å². The maximum Gasteiger partial charge on any atom is 0.114 e. The van der Waals surface area contributed by atoms with Crippen molar-refractivity contribution in [1.82, 2.24) is 4.98 Å². The first kappa shape index (κ1) is 13.1. The number of rotatable bonds is 2. The van der Waals surface area contributed by atoms with E-state index in [2.05, 4.69) is 4.98 Å². The molecule has 0 aliphatic rings. The lowest BCUT2D eigenvalue weighted by atomic mass is 9.86. The van der Waals surface area contributed by atoms with E-state index in [1.54, 1.807) is 31.5 Å². The molecule has 1 aromatic heterocycles. The van der Waals surface area contributed by atoms with E-state index in [1.807, 2.05) is 36.4 Å². The minimum Gasteiger partial charge on any atom is -0.381 e. The SMILES string of the molecule is CC(O)(c1cccc(Cl)c1)c1cncc2ccccc12. The molecule has 0 radical (unpaired) electrons. The third-order valence-corrected chi connectivity index (χ3v) is 3.81. The molecule has 0 bridgehead atoms. The molecule has 0 fully saturated rings. The maximum atomic E-state index is 11.0. The number of pyridine rings is 1. The molecule has 100 valence electrons. The summed E-state index contributed by atoms with van der Waals surface area (Å²) >= 11 is 6.03. The van der Waals surface area contributed by atoms with Crippen LogP contribution in [0.4, 0.5) is 0 Å². The van der Waals surface area contributed by atoms with Crippen LogP contribution < -0.4 is 0 Å². The zero-order chi connectivity index (χ0) is 14.2. The summed E-state index contributed by atoms with van der Waals surface area (Å²) in [6, 6.07) is 15.2. The summed E-state index contributed by atoms with van der Waals surface area (Å²) in [5.74, 6) is 0. The fourth-order valence-electron chi connectivity index (χ4n) is 2.45. The van der Waals surface area contributed by atoms with Crippen molar-refractivity contribution in [2.45, 2.75) is 12.5 Å². The summed E-state index contributed by atoms with van der Waals surface area (Å²) in [6.45, 7) is 1.77. The number of hydrogen-bond acceptors (Lipinski definition) is 2. The van der Waals surface area contributed by atoms with Crippen molar-refractivity contribution in [3.63, 3.8) is 0 Å². The van der Waals surface area contributed by atoms with Crippen LogP contribution in [0.2, 0.25) is 5.02 Å². The molecule has 2 aromatic carbocycles. The number of hydrogen-bond donors (Lipinski definition) is 1. The van der Waals surface area contributed by atoms with E-state index in [4.69, 9.17) is 11.6 Å². The van der Waals surface area contributed by atoms with Gasteiger partial charge in [0.15, 0.2) is 0 Å². The van der Waals surface area contributed by atoms with Gasteiger partial charge in [-0.05, 0) is 30.0 Å². The van der Waals surface area contributed by atoms with Gasteiger partial charge >= 0.3 is 0 Å². The van der Waals surface area contributed by atoms with E-state index in [9.17, 15) is 5.11 Å². The van der Waals surface area contributed by atoms with Gasteiger partial charge in [-0.25, -0.2) is 0 Å². The Hall–Kier alpha value is -1.90. The van der Waals surface area contributed by atoms with Gasteiger partial charge < -0.3 is 5.11 Å². The van der Waals surface area contributed by atoms with Gasteiger partial charge in [-0.3, -0.25) is 4.98 Å². The van der Waals surface area contributed by atoms with Gasteiger partial charge in [-0.2, -0.15) is 0 Å². The number of aromatic nitrogens is 1. The van der Waals surface area contributed by atoms with E-state index in [0.717, 1.165) is 21.9 Å². The van der Waals surface area contributed by atoms with Crippen LogP contribution in [-0.4, -0.2) is 10.1 Å². The highest BCUT2D eigenvalue weighted by Crippen LogP contribution is 2.34. The molecule has 3 aromatic rings. The lowest BCUT2D eigenvalue weighted by molar-refractivity contribution is 0.103. The van der Waals surface area contributed by atoms with Crippen molar-refractivity contribution in [1.29, 1.82) is 0 Å². The number of halogens is 1. The van der Waals surface area contributed by atoms with Crippen molar-refractivity contribution < 1.29 is 5.11 Å². The van der Waals surface area contributed by atoms with E-state index < -0.39 is 5.60 Å². The average molecular weight is 284 g/mol.